The van der Waals surface area contributed by atoms with Crippen LogP contribution in [0, 0.1) is 0 Å². The number of nitrogens with zero attached hydrogens (tertiary/aromatic N) is 2. The zero-order valence-electron chi connectivity index (χ0n) is 7.39. The van der Waals surface area contributed by atoms with Crippen molar-refractivity contribution in [1.82, 2.24) is 9.78 Å². The van der Waals surface area contributed by atoms with Crippen molar-refractivity contribution in [2.75, 3.05) is 0 Å². The van der Waals surface area contributed by atoms with E-state index >= 15 is 0 Å². The monoisotopic (exact) mass is 208 g/mol. The highest BCUT2D eigenvalue weighted by Crippen LogP contribution is 2.23. The van der Waals surface area contributed by atoms with E-state index < -0.39 is 0 Å². The summed E-state index contributed by atoms with van der Waals surface area (Å²) in [6, 6.07) is 7.21. The lowest BCUT2D eigenvalue weighted by atomic mass is 10.2. The van der Waals surface area contributed by atoms with Crippen LogP contribution in [0.4, 0.5) is 0 Å². The maximum Gasteiger partial charge on any atom is 0.0886 e. The number of benzene rings is 1. The average Bonchev–Trinajstić information content (AvgIpc) is 2.70. The molecule has 14 heavy (non-hydrogen) atoms. The Morgan fingerprint density at radius 3 is 2.86 bits per heavy atom. The van der Waals surface area contributed by atoms with Crippen molar-refractivity contribution in [3.8, 4) is 5.69 Å². The predicted molar refractivity (Wildman–Crippen MR) is 54.5 cm³/mol. The second kappa shape index (κ2) is 3.82. The van der Waals surface area contributed by atoms with Crippen LogP contribution in [0.1, 0.15) is 5.56 Å². The summed E-state index contributed by atoms with van der Waals surface area (Å²) in [4.78, 5) is 0. The van der Waals surface area contributed by atoms with E-state index in [2.05, 4.69) is 5.10 Å². The topological polar surface area (TPSA) is 38.0 Å². The quantitative estimate of drug-likeness (QED) is 0.820. The largest absolute Gasteiger partial charge is 0.392 e. The van der Waals surface area contributed by atoms with Crippen LogP contribution in [0.25, 0.3) is 5.69 Å². The van der Waals surface area contributed by atoms with Crippen LogP contribution in [0.2, 0.25) is 5.02 Å². The first-order valence-corrected chi connectivity index (χ1v) is 4.59. The number of hydrogen-bond acceptors (Lipinski definition) is 2. The summed E-state index contributed by atoms with van der Waals surface area (Å²) in [5.41, 5.74) is 1.50. The number of halogens is 1. The average molecular weight is 209 g/mol. The molecule has 2 aromatic rings. The number of hydrogen-bond donors (Lipinski definition) is 1. The third-order valence-corrected chi connectivity index (χ3v) is 2.28. The number of aliphatic hydroxyl groups is 1. The maximum atomic E-state index is 9.14. The lowest BCUT2D eigenvalue weighted by Gasteiger charge is -2.08. The molecule has 0 radical (unpaired) electrons. The summed E-state index contributed by atoms with van der Waals surface area (Å²) in [5, 5.41) is 13.8. The fourth-order valence-electron chi connectivity index (χ4n) is 1.35. The number of aromatic nitrogens is 2. The Morgan fingerprint density at radius 2 is 2.21 bits per heavy atom. The first-order chi connectivity index (χ1) is 6.83. The van der Waals surface area contributed by atoms with Gasteiger partial charge in [0.1, 0.15) is 0 Å². The van der Waals surface area contributed by atoms with Gasteiger partial charge in [-0.2, -0.15) is 5.10 Å². The molecular formula is C10H9ClN2O. The van der Waals surface area contributed by atoms with Gasteiger partial charge in [0, 0.05) is 18.0 Å². The van der Waals surface area contributed by atoms with Gasteiger partial charge in [-0.25, -0.2) is 4.68 Å². The van der Waals surface area contributed by atoms with Gasteiger partial charge < -0.3 is 5.11 Å². The minimum atomic E-state index is -0.0459. The molecule has 4 heteroatoms. The Labute approximate surface area is 86.6 Å². The minimum Gasteiger partial charge on any atom is -0.392 e. The Kier molecular flexibility index (Phi) is 2.52. The third kappa shape index (κ3) is 1.52. The van der Waals surface area contributed by atoms with Crippen molar-refractivity contribution in [3.05, 3.63) is 47.2 Å². The van der Waals surface area contributed by atoms with E-state index in [4.69, 9.17) is 16.7 Å². The summed E-state index contributed by atoms with van der Waals surface area (Å²) < 4.78 is 1.65. The molecule has 1 aromatic heterocycles. The fraction of sp³-hybridized carbons (Fsp3) is 0.100. The van der Waals surface area contributed by atoms with Gasteiger partial charge in [0.2, 0.25) is 0 Å². The summed E-state index contributed by atoms with van der Waals surface area (Å²) in [6.45, 7) is -0.0459. The molecule has 0 amide bonds. The zero-order chi connectivity index (χ0) is 9.97. The predicted octanol–water partition coefficient (Wildman–Crippen LogP) is 2.02. The van der Waals surface area contributed by atoms with Crippen LogP contribution in [0.15, 0.2) is 36.7 Å². The normalized spacial score (nSPS) is 10.4. The smallest absolute Gasteiger partial charge is 0.0886 e. The van der Waals surface area contributed by atoms with E-state index in [1.54, 1.807) is 29.2 Å². The zero-order valence-corrected chi connectivity index (χ0v) is 8.15. The van der Waals surface area contributed by atoms with Gasteiger partial charge in [-0.15, -0.1) is 0 Å². The first-order valence-electron chi connectivity index (χ1n) is 4.21. The number of rotatable bonds is 2. The molecule has 0 atom stereocenters. The third-order valence-electron chi connectivity index (χ3n) is 1.97. The molecule has 1 heterocycles. The van der Waals surface area contributed by atoms with Gasteiger partial charge in [0.05, 0.1) is 17.3 Å². The second-order valence-corrected chi connectivity index (χ2v) is 3.26. The highest BCUT2D eigenvalue weighted by atomic mass is 35.5. The van der Waals surface area contributed by atoms with Gasteiger partial charge in [0.25, 0.3) is 0 Å². The van der Waals surface area contributed by atoms with Crippen molar-refractivity contribution in [3.63, 3.8) is 0 Å². The van der Waals surface area contributed by atoms with Gasteiger partial charge in [-0.1, -0.05) is 23.7 Å². The van der Waals surface area contributed by atoms with Crippen LogP contribution < -0.4 is 0 Å². The Balaban J connectivity index is 2.61. The van der Waals surface area contributed by atoms with E-state index in [0.717, 1.165) is 11.3 Å². The standard InChI is InChI=1S/C10H9ClN2O/c11-9-4-1-3-8(7-14)10(9)13-6-2-5-12-13/h1-6,14H,7H2. The molecule has 0 aliphatic carbocycles. The molecule has 1 aromatic carbocycles. The van der Waals surface area contributed by atoms with Crippen molar-refractivity contribution in [2.45, 2.75) is 6.61 Å². The van der Waals surface area contributed by atoms with Crippen LogP contribution >= 0.6 is 11.6 Å². The molecule has 0 saturated carbocycles. The van der Waals surface area contributed by atoms with Crippen molar-refractivity contribution in [1.29, 1.82) is 0 Å². The van der Waals surface area contributed by atoms with Crippen molar-refractivity contribution < 1.29 is 5.11 Å². The van der Waals surface area contributed by atoms with E-state index in [-0.39, 0.29) is 6.61 Å². The SMILES string of the molecule is OCc1cccc(Cl)c1-n1cccn1. The molecule has 0 fully saturated rings. The van der Waals surface area contributed by atoms with Crippen molar-refractivity contribution >= 4 is 11.6 Å². The molecule has 0 saturated heterocycles. The highest BCUT2D eigenvalue weighted by Gasteiger charge is 2.07. The Morgan fingerprint density at radius 1 is 1.36 bits per heavy atom. The molecule has 0 unspecified atom stereocenters. The van der Waals surface area contributed by atoms with E-state index in [0.29, 0.717) is 5.02 Å². The van der Waals surface area contributed by atoms with Gasteiger partial charge in [-0.05, 0) is 12.1 Å². The highest BCUT2D eigenvalue weighted by molar-refractivity contribution is 6.32. The number of para-hydroxylation sites is 1. The summed E-state index contributed by atoms with van der Waals surface area (Å²) in [7, 11) is 0. The second-order valence-electron chi connectivity index (χ2n) is 2.86. The molecule has 0 spiro atoms. The molecule has 2 rings (SSSR count). The molecule has 72 valence electrons. The van der Waals surface area contributed by atoms with Gasteiger partial charge >= 0.3 is 0 Å². The Hall–Kier alpha value is -1.32. The Bertz CT molecular complexity index is 426. The van der Waals surface area contributed by atoms with Crippen LogP contribution in [-0.2, 0) is 6.61 Å². The van der Waals surface area contributed by atoms with E-state index in [1.807, 2.05) is 12.1 Å². The van der Waals surface area contributed by atoms with Crippen LogP contribution in [0.5, 0.6) is 0 Å². The van der Waals surface area contributed by atoms with Crippen LogP contribution in [0.3, 0.4) is 0 Å². The van der Waals surface area contributed by atoms with Gasteiger partial charge in [-0.3, -0.25) is 0 Å². The summed E-state index contributed by atoms with van der Waals surface area (Å²) in [5.74, 6) is 0. The molecular weight excluding hydrogens is 200 g/mol. The van der Waals surface area contributed by atoms with Crippen molar-refractivity contribution in [2.24, 2.45) is 0 Å². The van der Waals surface area contributed by atoms with Crippen LogP contribution in [-0.4, -0.2) is 14.9 Å². The first kappa shape index (κ1) is 9.24. The molecule has 0 bridgehead atoms. The summed E-state index contributed by atoms with van der Waals surface area (Å²) in [6.07, 6.45) is 3.46. The number of aliphatic hydroxyl groups excluding tert-OH is 1. The lowest BCUT2D eigenvalue weighted by molar-refractivity contribution is 0.281. The van der Waals surface area contributed by atoms with E-state index in [1.165, 1.54) is 0 Å². The lowest BCUT2D eigenvalue weighted by Crippen LogP contribution is -2.00. The fourth-order valence-corrected chi connectivity index (χ4v) is 1.63. The molecule has 1 N–H and O–H groups in total. The van der Waals surface area contributed by atoms with E-state index in [9.17, 15) is 0 Å². The van der Waals surface area contributed by atoms with Gasteiger partial charge in [0.15, 0.2) is 0 Å². The molecule has 0 aliphatic rings. The summed E-state index contributed by atoms with van der Waals surface area (Å²) >= 11 is 6.03. The minimum absolute atomic E-state index is 0.0459. The molecule has 0 aliphatic heterocycles. The molecule has 3 nitrogen and oxygen atoms in total. The maximum absolute atomic E-state index is 9.14.